The van der Waals surface area contributed by atoms with Gasteiger partial charge >= 0.3 is 5.97 Å². The molecule has 0 spiro atoms. The molecule has 4 atom stereocenters. The van der Waals surface area contributed by atoms with Gasteiger partial charge in [0.2, 0.25) is 29.5 Å². The molecule has 14 nitrogen and oxygen atoms in total. The van der Waals surface area contributed by atoms with Crippen LogP contribution in [0.1, 0.15) is 24.8 Å². The number of benzene rings is 1. The van der Waals surface area contributed by atoms with E-state index in [9.17, 15) is 39.0 Å². The van der Waals surface area contributed by atoms with Gasteiger partial charge in [0.25, 0.3) is 0 Å². The Labute approximate surface area is 217 Å². The number of aliphatic carboxylic acids is 1. The molecule has 0 aliphatic rings. The number of primary amides is 2. The summed E-state index contributed by atoms with van der Waals surface area (Å²) in [5.74, 6) is -5.59. The maximum atomic E-state index is 12.8. The van der Waals surface area contributed by atoms with Crippen LogP contribution in [0.15, 0.2) is 24.3 Å². The van der Waals surface area contributed by atoms with Crippen molar-refractivity contribution in [1.29, 1.82) is 0 Å². The van der Waals surface area contributed by atoms with Crippen LogP contribution in [0.2, 0.25) is 0 Å². The fourth-order valence-corrected chi connectivity index (χ4v) is 3.58. The molecule has 0 aliphatic heterocycles. The molecule has 15 heteroatoms. The van der Waals surface area contributed by atoms with Crippen LogP contribution >= 0.6 is 11.8 Å². The minimum atomic E-state index is -1.62. The SMILES string of the molecule is CSCCC(N)C(=O)NC(CC(N)=O)C(=O)NC(CC(N)=O)C(=O)NC(Cc1ccc(O)cc1)C(=O)O. The van der Waals surface area contributed by atoms with Crippen LogP contribution in [0.25, 0.3) is 0 Å². The number of carbonyl (C=O) groups excluding carboxylic acids is 5. The van der Waals surface area contributed by atoms with E-state index in [1.807, 2.05) is 6.26 Å². The number of thioether (sulfide) groups is 1. The molecule has 0 aliphatic carbocycles. The zero-order valence-corrected chi connectivity index (χ0v) is 21.0. The van der Waals surface area contributed by atoms with Gasteiger partial charge in [-0.2, -0.15) is 11.8 Å². The Balaban J connectivity index is 3.01. The van der Waals surface area contributed by atoms with Crippen LogP contribution in [0, 0.1) is 0 Å². The van der Waals surface area contributed by atoms with E-state index in [1.54, 1.807) is 0 Å². The lowest BCUT2D eigenvalue weighted by Crippen LogP contribution is -2.58. The molecular weight excluding hydrogens is 508 g/mol. The number of nitrogens with one attached hydrogen (secondary N) is 3. The highest BCUT2D eigenvalue weighted by atomic mass is 32.2. The summed E-state index contributed by atoms with van der Waals surface area (Å²) in [6, 6.07) is 0.0299. The highest BCUT2D eigenvalue weighted by Crippen LogP contribution is 2.12. The van der Waals surface area contributed by atoms with E-state index in [4.69, 9.17) is 17.2 Å². The number of nitrogens with two attached hydrogens (primary N) is 3. The molecule has 0 saturated carbocycles. The molecule has 0 heterocycles. The summed E-state index contributed by atoms with van der Waals surface area (Å²) in [6.45, 7) is 0. The van der Waals surface area contributed by atoms with Crippen LogP contribution in [0.3, 0.4) is 0 Å². The van der Waals surface area contributed by atoms with Crippen LogP contribution in [0.4, 0.5) is 0 Å². The quantitative estimate of drug-likeness (QED) is 0.108. The van der Waals surface area contributed by atoms with Crippen molar-refractivity contribution in [2.24, 2.45) is 17.2 Å². The summed E-state index contributed by atoms with van der Waals surface area (Å²) in [5, 5.41) is 25.6. The smallest absolute Gasteiger partial charge is 0.326 e. The molecule has 1 rings (SSSR count). The average Bonchev–Trinajstić information content (AvgIpc) is 2.81. The minimum absolute atomic E-state index is 0.0355. The molecule has 0 saturated heterocycles. The first kappa shape index (κ1) is 31.2. The van der Waals surface area contributed by atoms with E-state index in [-0.39, 0.29) is 12.2 Å². The number of hydrogen-bond acceptors (Lipinski definition) is 9. The van der Waals surface area contributed by atoms with Gasteiger partial charge < -0.3 is 43.4 Å². The first-order chi connectivity index (χ1) is 17.3. The van der Waals surface area contributed by atoms with E-state index in [0.717, 1.165) is 0 Å². The number of carboxylic acid groups (broad SMARTS) is 1. The van der Waals surface area contributed by atoms with E-state index in [1.165, 1.54) is 36.0 Å². The third kappa shape index (κ3) is 11.6. The Bertz CT molecular complexity index is 990. The Morgan fingerprint density at radius 1 is 0.838 bits per heavy atom. The maximum absolute atomic E-state index is 12.8. The largest absolute Gasteiger partial charge is 0.508 e. The van der Waals surface area contributed by atoms with Gasteiger partial charge in [-0.1, -0.05) is 12.1 Å². The van der Waals surface area contributed by atoms with E-state index in [2.05, 4.69) is 16.0 Å². The van der Waals surface area contributed by atoms with Crippen molar-refractivity contribution in [3.05, 3.63) is 29.8 Å². The molecule has 0 aromatic heterocycles. The Morgan fingerprint density at radius 3 is 1.73 bits per heavy atom. The highest BCUT2D eigenvalue weighted by Gasteiger charge is 2.32. The van der Waals surface area contributed by atoms with E-state index in [0.29, 0.717) is 17.7 Å². The number of amides is 5. The Hall–Kier alpha value is -3.85. The minimum Gasteiger partial charge on any atom is -0.508 e. The van der Waals surface area contributed by atoms with Crippen LogP contribution in [0.5, 0.6) is 5.75 Å². The van der Waals surface area contributed by atoms with Crippen molar-refractivity contribution in [1.82, 2.24) is 16.0 Å². The summed E-state index contributed by atoms with van der Waals surface area (Å²) in [4.78, 5) is 72.7. The standard InChI is InChI=1S/C22H32N6O8S/c1-37-7-6-13(23)19(32)26-14(9-17(24)30)20(33)27-15(10-18(25)31)21(34)28-16(22(35)36)8-11-2-4-12(29)5-3-11/h2-5,13-16,29H,6-10,23H2,1H3,(H2,24,30)(H2,25,31)(H,26,32)(H,27,33)(H,28,34)(H,35,36). The summed E-state index contributed by atoms with van der Waals surface area (Å²) < 4.78 is 0. The lowest BCUT2D eigenvalue weighted by molar-refractivity contribution is -0.142. The number of aromatic hydroxyl groups is 1. The van der Waals surface area contributed by atoms with Crippen molar-refractivity contribution < 1.29 is 39.0 Å². The van der Waals surface area contributed by atoms with Crippen molar-refractivity contribution in [2.75, 3.05) is 12.0 Å². The topological polar surface area (TPSA) is 257 Å². The van der Waals surface area contributed by atoms with Crippen molar-refractivity contribution >= 4 is 47.3 Å². The number of hydrogen-bond donors (Lipinski definition) is 8. The fourth-order valence-electron chi connectivity index (χ4n) is 3.09. The zero-order valence-electron chi connectivity index (χ0n) is 20.1. The van der Waals surface area contributed by atoms with E-state index < -0.39 is 72.5 Å². The molecule has 37 heavy (non-hydrogen) atoms. The zero-order chi connectivity index (χ0) is 28.1. The van der Waals surface area contributed by atoms with Gasteiger partial charge in [0.05, 0.1) is 18.9 Å². The summed E-state index contributed by atoms with van der Waals surface area (Å²) in [6.07, 6.45) is 0.608. The van der Waals surface area contributed by atoms with Gasteiger partial charge in [-0.05, 0) is 36.1 Å². The van der Waals surface area contributed by atoms with Gasteiger partial charge in [0.15, 0.2) is 0 Å². The second-order valence-corrected chi connectivity index (χ2v) is 9.11. The molecule has 1 aromatic carbocycles. The van der Waals surface area contributed by atoms with Gasteiger partial charge in [0.1, 0.15) is 23.9 Å². The van der Waals surface area contributed by atoms with Gasteiger partial charge in [-0.25, -0.2) is 4.79 Å². The second-order valence-electron chi connectivity index (χ2n) is 8.12. The number of phenolic OH excluding ortho intramolecular Hbond substituents is 1. The predicted octanol–water partition coefficient (Wildman–Crippen LogP) is -2.70. The number of phenols is 1. The summed E-state index contributed by atoms with van der Waals surface area (Å²) in [7, 11) is 0. The van der Waals surface area contributed by atoms with Crippen molar-refractivity contribution in [3.8, 4) is 5.75 Å². The lowest BCUT2D eigenvalue weighted by Gasteiger charge is -2.24. The third-order valence-corrected chi connectivity index (χ3v) is 5.68. The summed E-state index contributed by atoms with van der Waals surface area (Å²) in [5.41, 5.74) is 16.6. The third-order valence-electron chi connectivity index (χ3n) is 5.04. The van der Waals surface area contributed by atoms with Crippen LogP contribution in [-0.2, 0) is 35.2 Å². The molecule has 1 aromatic rings. The molecule has 0 bridgehead atoms. The molecule has 5 amide bonds. The lowest BCUT2D eigenvalue weighted by atomic mass is 10.0. The molecular formula is C22H32N6O8S. The molecule has 4 unspecified atom stereocenters. The molecule has 0 fully saturated rings. The number of carbonyl (C=O) groups is 6. The normalized spacial score (nSPS) is 13.9. The average molecular weight is 541 g/mol. The molecule has 0 radical (unpaired) electrons. The first-order valence-corrected chi connectivity index (χ1v) is 12.5. The van der Waals surface area contributed by atoms with E-state index >= 15 is 0 Å². The van der Waals surface area contributed by atoms with Crippen LogP contribution < -0.4 is 33.2 Å². The van der Waals surface area contributed by atoms with Gasteiger partial charge in [0, 0.05) is 6.42 Å². The molecule has 204 valence electrons. The van der Waals surface area contributed by atoms with Gasteiger partial charge in [-0.15, -0.1) is 0 Å². The second kappa shape index (κ2) is 15.3. The van der Waals surface area contributed by atoms with Gasteiger partial charge in [-0.3, -0.25) is 24.0 Å². The number of carboxylic acids is 1. The van der Waals surface area contributed by atoms with Crippen LogP contribution in [-0.4, -0.2) is 81.9 Å². The Morgan fingerprint density at radius 2 is 1.30 bits per heavy atom. The van der Waals surface area contributed by atoms with Crippen molar-refractivity contribution in [3.63, 3.8) is 0 Å². The predicted molar refractivity (Wildman–Crippen MR) is 134 cm³/mol. The fraction of sp³-hybridized carbons (Fsp3) is 0.455. The summed E-state index contributed by atoms with van der Waals surface area (Å²) >= 11 is 1.45. The maximum Gasteiger partial charge on any atom is 0.326 e. The Kier molecular flexibility index (Phi) is 12.9. The monoisotopic (exact) mass is 540 g/mol. The number of rotatable bonds is 16. The highest BCUT2D eigenvalue weighted by molar-refractivity contribution is 7.98. The van der Waals surface area contributed by atoms with Crippen molar-refractivity contribution in [2.45, 2.75) is 49.9 Å². The first-order valence-electron chi connectivity index (χ1n) is 11.1. The molecule has 11 N–H and O–H groups in total.